The molecule has 0 saturated carbocycles. The van der Waals surface area contributed by atoms with Gasteiger partial charge in [0, 0.05) is 24.0 Å². The van der Waals surface area contributed by atoms with E-state index < -0.39 is 0 Å². The largest absolute Gasteiger partial charge is 0.347 e. The Labute approximate surface area is 153 Å². The predicted octanol–water partition coefficient (Wildman–Crippen LogP) is 3.50. The quantitative estimate of drug-likeness (QED) is 0.567. The van der Waals surface area contributed by atoms with Gasteiger partial charge in [-0.3, -0.25) is 14.2 Å². The molecule has 1 atom stereocenters. The molecule has 0 aliphatic rings. The van der Waals surface area contributed by atoms with Crippen LogP contribution in [-0.4, -0.2) is 20.3 Å². The molecular formula is C18H16N4OS2. The summed E-state index contributed by atoms with van der Waals surface area (Å²) in [5, 5.41) is 9.24. The average molecular weight is 368 g/mol. The Balaban J connectivity index is 1.49. The van der Waals surface area contributed by atoms with Crippen molar-refractivity contribution >= 4 is 33.5 Å². The van der Waals surface area contributed by atoms with Crippen LogP contribution in [0.2, 0.25) is 0 Å². The third kappa shape index (κ3) is 3.78. The average Bonchev–Trinajstić information content (AvgIpc) is 3.32. The summed E-state index contributed by atoms with van der Waals surface area (Å²) in [4.78, 5) is 22.3. The third-order valence-electron chi connectivity index (χ3n) is 3.88. The van der Waals surface area contributed by atoms with Gasteiger partial charge >= 0.3 is 0 Å². The molecule has 4 aromatic rings. The van der Waals surface area contributed by atoms with Crippen LogP contribution in [0.1, 0.15) is 23.0 Å². The molecule has 4 heterocycles. The summed E-state index contributed by atoms with van der Waals surface area (Å²) < 4.78 is 1.94. The summed E-state index contributed by atoms with van der Waals surface area (Å²) in [6.07, 6.45) is 6.60. The van der Waals surface area contributed by atoms with E-state index in [1.54, 1.807) is 28.9 Å². The lowest BCUT2D eigenvalue weighted by Crippen LogP contribution is -2.31. The normalized spacial score (nSPS) is 12.3. The third-order valence-corrected chi connectivity index (χ3v) is 5.39. The molecule has 0 spiro atoms. The van der Waals surface area contributed by atoms with Gasteiger partial charge in [-0.2, -0.15) is 11.3 Å². The summed E-state index contributed by atoms with van der Waals surface area (Å²) in [5.41, 5.74) is 2.84. The molecule has 4 aromatic heterocycles. The van der Waals surface area contributed by atoms with Gasteiger partial charge in [0.05, 0.1) is 23.9 Å². The molecular weight excluding hydrogens is 352 g/mol. The summed E-state index contributed by atoms with van der Waals surface area (Å²) in [6, 6.07) is 7.70. The number of carbonyl (C=O) groups excluding carboxylic acids is 1. The van der Waals surface area contributed by atoms with Crippen LogP contribution in [0.4, 0.5) is 0 Å². The lowest BCUT2D eigenvalue weighted by molar-refractivity contribution is -0.121. The first kappa shape index (κ1) is 16.0. The van der Waals surface area contributed by atoms with Gasteiger partial charge in [0.1, 0.15) is 0 Å². The predicted molar refractivity (Wildman–Crippen MR) is 99.9 cm³/mol. The van der Waals surface area contributed by atoms with Crippen LogP contribution >= 0.6 is 22.7 Å². The second-order valence-electron chi connectivity index (χ2n) is 5.71. The van der Waals surface area contributed by atoms with E-state index in [2.05, 4.69) is 26.7 Å². The van der Waals surface area contributed by atoms with E-state index >= 15 is 0 Å². The molecule has 1 amide bonds. The number of thiazole rings is 1. The smallest absolute Gasteiger partial charge is 0.226 e. The van der Waals surface area contributed by atoms with E-state index in [1.165, 1.54) is 5.56 Å². The van der Waals surface area contributed by atoms with Crippen LogP contribution in [0.3, 0.4) is 0 Å². The summed E-state index contributed by atoms with van der Waals surface area (Å²) in [7, 11) is 0. The number of hydrogen-bond acceptors (Lipinski definition) is 5. The fourth-order valence-corrected chi connectivity index (χ4v) is 4.13. The number of carbonyl (C=O) groups is 1. The van der Waals surface area contributed by atoms with E-state index in [9.17, 15) is 4.79 Å². The minimum atomic E-state index is -0.146. The van der Waals surface area contributed by atoms with Gasteiger partial charge in [0.25, 0.3) is 0 Å². The van der Waals surface area contributed by atoms with Crippen LogP contribution in [0.25, 0.3) is 4.96 Å². The van der Waals surface area contributed by atoms with Crippen LogP contribution < -0.4 is 5.32 Å². The maximum Gasteiger partial charge on any atom is 0.226 e. The van der Waals surface area contributed by atoms with Crippen molar-refractivity contribution in [2.24, 2.45) is 0 Å². The molecule has 0 aliphatic carbocycles. The minimum Gasteiger partial charge on any atom is -0.347 e. The fourth-order valence-electron chi connectivity index (χ4n) is 2.73. The number of nitrogens with one attached hydrogen (secondary N) is 1. The SMILES string of the molecule is O=C(Cc1cn2ccsc2n1)NC(Cc1ccsc1)c1ccccn1. The molecule has 0 bridgehead atoms. The highest BCUT2D eigenvalue weighted by Crippen LogP contribution is 2.19. The van der Waals surface area contributed by atoms with Crippen molar-refractivity contribution in [2.45, 2.75) is 18.9 Å². The topological polar surface area (TPSA) is 59.3 Å². The molecule has 0 fully saturated rings. The lowest BCUT2D eigenvalue weighted by atomic mass is 10.0. The van der Waals surface area contributed by atoms with Crippen LogP contribution in [0.15, 0.2) is 59.0 Å². The van der Waals surface area contributed by atoms with Crippen molar-refractivity contribution in [3.8, 4) is 0 Å². The maximum atomic E-state index is 12.5. The first-order valence-corrected chi connectivity index (χ1v) is 9.72. The second-order valence-corrected chi connectivity index (χ2v) is 7.37. The van der Waals surface area contributed by atoms with Crippen LogP contribution in [0, 0.1) is 0 Å². The molecule has 0 aliphatic heterocycles. The number of hydrogen-bond donors (Lipinski definition) is 1. The highest BCUT2D eigenvalue weighted by atomic mass is 32.1. The van der Waals surface area contributed by atoms with Gasteiger partial charge in [0.2, 0.25) is 5.91 Å². The Kier molecular flexibility index (Phi) is 4.58. The molecule has 1 N–H and O–H groups in total. The Morgan fingerprint density at radius 1 is 1.28 bits per heavy atom. The Bertz CT molecular complexity index is 931. The van der Waals surface area contributed by atoms with Crippen molar-refractivity contribution < 1.29 is 4.79 Å². The van der Waals surface area contributed by atoms with Gasteiger partial charge in [0.15, 0.2) is 4.96 Å². The number of thiophene rings is 1. The Morgan fingerprint density at radius 3 is 3.00 bits per heavy atom. The van der Waals surface area contributed by atoms with Gasteiger partial charge in [-0.1, -0.05) is 6.07 Å². The monoisotopic (exact) mass is 368 g/mol. The Hall–Kier alpha value is -2.51. The number of rotatable bonds is 6. The summed E-state index contributed by atoms with van der Waals surface area (Å²) in [5.74, 6) is -0.0448. The van der Waals surface area contributed by atoms with Crippen LogP contribution in [-0.2, 0) is 17.6 Å². The highest BCUT2D eigenvalue weighted by molar-refractivity contribution is 7.15. The van der Waals surface area contributed by atoms with Gasteiger partial charge in [-0.25, -0.2) is 4.98 Å². The highest BCUT2D eigenvalue weighted by Gasteiger charge is 2.18. The van der Waals surface area contributed by atoms with Crippen molar-refractivity contribution in [3.63, 3.8) is 0 Å². The van der Waals surface area contributed by atoms with Crippen molar-refractivity contribution in [1.82, 2.24) is 19.7 Å². The Morgan fingerprint density at radius 2 is 2.24 bits per heavy atom. The summed E-state index contributed by atoms with van der Waals surface area (Å²) >= 11 is 3.22. The standard InChI is InChI=1S/C18H16N4OS2/c23-17(10-14-11-22-6-8-25-18(22)20-14)21-16(9-13-4-7-24-12-13)15-3-1-2-5-19-15/h1-8,11-12,16H,9-10H2,(H,21,23). The first-order valence-electron chi connectivity index (χ1n) is 7.90. The van der Waals surface area contributed by atoms with Crippen molar-refractivity contribution in [1.29, 1.82) is 0 Å². The zero-order valence-corrected chi connectivity index (χ0v) is 15.0. The molecule has 4 rings (SSSR count). The van der Waals surface area contributed by atoms with Crippen LogP contribution in [0.5, 0.6) is 0 Å². The van der Waals surface area contributed by atoms with E-state index in [4.69, 9.17) is 0 Å². The molecule has 126 valence electrons. The molecule has 0 radical (unpaired) electrons. The summed E-state index contributed by atoms with van der Waals surface area (Å²) in [6.45, 7) is 0. The molecule has 5 nitrogen and oxygen atoms in total. The molecule has 25 heavy (non-hydrogen) atoms. The lowest BCUT2D eigenvalue weighted by Gasteiger charge is -2.17. The molecule has 0 aromatic carbocycles. The maximum absolute atomic E-state index is 12.5. The number of fused-ring (bicyclic) bond motifs is 1. The van der Waals surface area contributed by atoms with E-state index in [0.29, 0.717) is 0 Å². The molecule has 0 saturated heterocycles. The van der Waals surface area contributed by atoms with E-state index in [-0.39, 0.29) is 18.4 Å². The van der Waals surface area contributed by atoms with Gasteiger partial charge in [-0.15, -0.1) is 11.3 Å². The molecule has 7 heteroatoms. The molecule has 1 unspecified atom stereocenters. The number of nitrogens with zero attached hydrogens (tertiary/aromatic N) is 3. The second kappa shape index (κ2) is 7.16. The van der Waals surface area contributed by atoms with Crippen molar-refractivity contribution in [3.05, 3.63) is 75.9 Å². The zero-order valence-electron chi connectivity index (χ0n) is 13.3. The number of amides is 1. The fraction of sp³-hybridized carbons (Fsp3) is 0.167. The van der Waals surface area contributed by atoms with Crippen molar-refractivity contribution in [2.75, 3.05) is 0 Å². The van der Waals surface area contributed by atoms with Gasteiger partial charge in [-0.05, 0) is 40.9 Å². The number of aromatic nitrogens is 3. The van der Waals surface area contributed by atoms with E-state index in [0.717, 1.165) is 22.8 Å². The number of pyridine rings is 1. The first-order chi connectivity index (χ1) is 12.3. The van der Waals surface area contributed by atoms with E-state index in [1.807, 2.05) is 45.8 Å². The minimum absolute atomic E-state index is 0.0448. The zero-order chi connectivity index (χ0) is 17.1. The van der Waals surface area contributed by atoms with Gasteiger partial charge < -0.3 is 5.32 Å². The number of imidazole rings is 1.